The van der Waals surface area contributed by atoms with Crippen LogP contribution in [0.25, 0.3) is 0 Å². The number of carbonyl (C=O) groups excluding carboxylic acids is 2. The molecule has 1 unspecified atom stereocenters. The van der Waals surface area contributed by atoms with Gasteiger partial charge in [-0.1, -0.05) is 12.1 Å². The number of pyridine rings is 1. The third-order valence-electron chi connectivity index (χ3n) is 4.29. The van der Waals surface area contributed by atoms with Crippen LogP contribution in [0.3, 0.4) is 0 Å². The van der Waals surface area contributed by atoms with Crippen LogP contribution in [0.5, 0.6) is 0 Å². The van der Waals surface area contributed by atoms with Crippen molar-refractivity contribution < 1.29 is 14.0 Å². The lowest BCUT2D eigenvalue weighted by Crippen LogP contribution is -2.32. The highest BCUT2D eigenvalue weighted by Crippen LogP contribution is 2.34. The van der Waals surface area contributed by atoms with E-state index in [4.69, 9.17) is 10.2 Å². The van der Waals surface area contributed by atoms with Gasteiger partial charge in [0.25, 0.3) is 11.8 Å². The minimum Gasteiger partial charge on any atom is -0.467 e. The summed E-state index contributed by atoms with van der Waals surface area (Å²) >= 11 is 0. The quantitative estimate of drug-likeness (QED) is 0.738. The Morgan fingerprint density at radius 3 is 2.81 bits per heavy atom. The van der Waals surface area contributed by atoms with Crippen molar-refractivity contribution in [3.05, 3.63) is 83.6 Å². The maximum absolute atomic E-state index is 12.9. The second kappa shape index (κ2) is 6.36. The highest BCUT2D eigenvalue weighted by molar-refractivity contribution is 6.00. The minimum atomic E-state index is -0.545. The van der Waals surface area contributed by atoms with Crippen molar-refractivity contribution in [1.82, 2.24) is 9.88 Å². The molecule has 1 aliphatic heterocycles. The molecule has 0 bridgehead atoms. The van der Waals surface area contributed by atoms with Gasteiger partial charge in [0.15, 0.2) is 0 Å². The zero-order valence-electron chi connectivity index (χ0n) is 13.8. The zero-order valence-corrected chi connectivity index (χ0v) is 13.8. The molecule has 0 saturated carbocycles. The van der Waals surface area contributed by atoms with Crippen molar-refractivity contribution >= 4 is 17.5 Å². The normalized spacial score (nSPS) is 15.8. The van der Waals surface area contributed by atoms with Gasteiger partial charge >= 0.3 is 0 Å². The lowest BCUT2D eigenvalue weighted by Gasteiger charge is -2.26. The summed E-state index contributed by atoms with van der Waals surface area (Å²) in [6, 6.07) is 13.9. The second-order valence-corrected chi connectivity index (χ2v) is 5.91. The molecule has 0 radical (unpaired) electrons. The first-order valence-corrected chi connectivity index (χ1v) is 8.09. The molecule has 4 rings (SSSR count). The molecule has 0 spiro atoms. The van der Waals surface area contributed by atoms with Crippen molar-refractivity contribution in [2.45, 2.75) is 12.7 Å². The third-order valence-corrected chi connectivity index (χ3v) is 4.29. The smallest absolute Gasteiger partial charge is 0.258 e. The Morgan fingerprint density at radius 2 is 2.04 bits per heavy atom. The highest BCUT2D eigenvalue weighted by atomic mass is 16.3. The van der Waals surface area contributed by atoms with Gasteiger partial charge < -0.3 is 20.4 Å². The van der Waals surface area contributed by atoms with E-state index in [0.717, 1.165) is 0 Å². The van der Waals surface area contributed by atoms with Crippen LogP contribution in [0, 0.1) is 0 Å². The number of hydrogen-bond donors (Lipinski definition) is 2. The van der Waals surface area contributed by atoms with Gasteiger partial charge in [0, 0.05) is 11.9 Å². The molecule has 0 aliphatic carbocycles. The molecular weight excluding hydrogens is 332 g/mol. The van der Waals surface area contributed by atoms with E-state index in [1.807, 2.05) is 0 Å². The van der Waals surface area contributed by atoms with Crippen molar-refractivity contribution in [2.24, 2.45) is 5.73 Å². The number of furan rings is 1. The largest absolute Gasteiger partial charge is 0.467 e. The Kier molecular flexibility index (Phi) is 3.89. The summed E-state index contributed by atoms with van der Waals surface area (Å²) in [5.41, 5.74) is 7.48. The van der Waals surface area contributed by atoms with Gasteiger partial charge in [-0.25, -0.2) is 0 Å². The molecule has 26 heavy (non-hydrogen) atoms. The number of carbonyl (C=O) groups is 2. The summed E-state index contributed by atoms with van der Waals surface area (Å²) in [5, 5.41) is 3.24. The number of nitrogens with zero attached hydrogens (tertiary/aromatic N) is 2. The second-order valence-electron chi connectivity index (χ2n) is 5.91. The fraction of sp³-hybridized carbons (Fsp3) is 0.105. The standard InChI is InChI=1S/C19H16N4O3/c20-17(24)13-6-1-2-8-15(13)22-18-16-14(7-3-9-21-16)19(25)23(18)11-12-5-4-10-26-12/h1-10,18,22H,11H2,(H2,20,24). The molecule has 2 amide bonds. The summed E-state index contributed by atoms with van der Waals surface area (Å²) in [5.74, 6) is -0.0454. The van der Waals surface area contributed by atoms with E-state index >= 15 is 0 Å². The monoisotopic (exact) mass is 348 g/mol. The van der Waals surface area contributed by atoms with Crippen LogP contribution >= 0.6 is 0 Å². The molecule has 1 aliphatic rings. The van der Waals surface area contributed by atoms with Crippen LogP contribution in [0.15, 0.2) is 65.4 Å². The molecule has 2 aromatic heterocycles. The Labute approximate surface area is 149 Å². The number of primary amides is 1. The Hall–Kier alpha value is -3.61. The Balaban J connectivity index is 1.73. The topological polar surface area (TPSA) is 101 Å². The van der Waals surface area contributed by atoms with E-state index < -0.39 is 12.1 Å². The number of amides is 2. The fourth-order valence-electron chi connectivity index (χ4n) is 3.09. The third kappa shape index (κ3) is 2.69. The number of para-hydroxylation sites is 1. The first-order chi connectivity index (χ1) is 12.6. The molecule has 0 saturated heterocycles. The summed E-state index contributed by atoms with van der Waals surface area (Å²) in [6.45, 7) is 0.276. The van der Waals surface area contributed by atoms with Crippen LogP contribution in [-0.4, -0.2) is 21.7 Å². The Bertz CT molecular complexity index is 968. The number of rotatable bonds is 5. The SMILES string of the molecule is NC(=O)c1ccccc1NC1c2ncccc2C(=O)N1Cc1ccco1. The van der Waals surface area contributed by atoms with Crippen LogP contribution in [-0.2, 0) is 6.54 Å². The van der Waals surface area contributed by atoms with E-state index in [0.29, 0.717) is 28.3 Å². The van der Waals surface area contributed by atoms with E-state index in [2.05, 4.69) is 10.3 Å². The van der Waals surface area contributed by atoms with E-state index in [-0.39, 0.29) is 12.5 Å². The molecule has 3 aromatic rings. The number of nitrogens with two attached hydrogens (primary N) is 1. The van der Waals surface area contributed by atoms with Gasteiger partial charge in [-0.05, 0) is 36.4 Å². The molecule has 1 aromatic carbocycles. The van der Waals surface area contributed by atoms with E-state index in [1.165, 1.54) is 0 Å². The van der Waals surface area contributed by atoms with Gasteiger partial charge in [-0.15, -0.1) is 0 Å². The summed E-state index contributed by atoms with van der Waals surface area (Å²) in [4.78, 5) is 30.6. The number of nitrogens with one attached hydrogen (secondary N) is 1. The van der Waals surface area contributed by atoms with E-state index in [9.17, 15) is 9.59 Å². The molecule has 0 fully saturated rings. The summed E-state index contributed by atoms with van der Waals surface area (Å²) in [6.07, 6.45) is 2.66. The molecule has 130 valence electrons. The number of aromatic nitrogens is 1. The Morgan fingerprint density at radius 1 is 1.19 bits per heavy atom. The lowest BCUT2D eigenvalue weighted by atomic mass is 10.1. The van der Waals surface area contributed by atoms with Crippen molar-refractivity contribution in [1.29, 1.82) is 0 Å². The first kappa shape index (κ1) is 15.9. The van der Waals surface area contributed by atoms with Crippen molar-refractivity contribution in [3.8, 4) is 0 Å². The molecule has 7 heteroatoms. The average molecular weight is 348 g/mol. The molecule has 1 atom stereocenters. The number of anilines is 1. The number of hydrogen-bond acceptors (Lipinski definition) is 5. The molecule has 3 N–H and O–H groups in total. The maximum atomic E-state index is 12.9. The highest BCUT2D eigenvalue weighted by Gasteiger charge is 2.38. The average Bonchev–Trinajstić information content (AvgIpc) is 3.25. The molecule has 7 nitrogen and oxygen atoms in total. The maximum Gasteiger partial charge on any atom is 0.258 e. The summed E-state index contributed by atoms with van der Waals surface area (Å²) < 4.78 is 5.39. The van der Waals surface area contributed by atoms with E-state index in [1.54, 1.807) is 65.9 Å². The first-order valence-electron chi connectivity index (χ1n) is 8.09. The van der Waals surface area contributed by atoms with Crippen molar-refractivity contribution in [2.75, 3.05) is 5.32 Å². The van der Waals surface area contributed by atoms with Crippen LogP contribution in [0.2, 0.25) is 0 Å². The minimum absolute atomic E-state index is 0.154. The molecular formula is C19H16N4O3. The summed E-state index contributed by atoms with van der Waals surface area (Å²) in [7, 11) is 0. The van der Waals surface area contributed by atoms with Gasteiger partial charge in [0.2, 0.25) is 0 Å². The van der Waals surface area contributed by atoms with Crippen LogP contribution < -0.4 is 11.1 Å². The van der Waals surface area contributed by atoms with Gasteiger partial charge in [-0.3, -0.25) is 14.6 Å². The van der Waals surface area contributed by atoms with Crippen molar-refractivity contribution in [3.63, 3.8) is 0 Å². The predicted molar refractivity (Wildman–Crippen MR) is 94.1 cm³/mol. The van der Waals surface area contributed by atoms with Gasteiger partial charge in [0.1, 0.15) is 11.9 Å². The van der Waals surface area contributed by atoms with Gasteiger partial charge in [-0.2, -0.15) is 0 Å². The number of benzene rings is 1. The fourth-order valence-corrected chi connectivity index (χ4v) is 3.09. The predicted octanol–water partition coefficient (Wildman–Crippen LogP) is 2.54. The number of fused-ring (bicyclic) bond motifs is 1. The zero-order chi connectivity index (χ0) is 18.1. The van der Waals surface area contributed by atoms with Crippen LogP contribution in [0.1, 0.15) is 38.3 Å². The van der Waals surface area contributed by atoms with Crippen LogP contribution in [0.4, 0.5) is 5.69 Å². The molecule has 3 heterocycles. The van der Waals surface area contributed by atoms with Gasteiger partial charge in [0.05, 0.1) is 29.6 Å². The lowest BCUT2D eigenvalue weighted by molar-refractivity contribution is 0.0714.